The highest BCUT2D eigenvalue weighted by molar-refractivity contribution is 6.06. The van der Waals surface area contributed by atoms with E-state index in [9.17, 15) is 10.1 Å². The normalized spacial score (nSPS) is 14.6. The molecule has 170 valence electrons. The third kappa shape index (κ3) is 4.32. The van der Waals surface area contributed by atoms with E-state index >= 15 is 0 Å². The number of anilines is 2. The highest BCUT2D eigenvalue weighted by Gasteiger charge is 2.23. The Hall–Kier alpha value is -3.70. The van der Waals surface area contributed by atoms with Gasteiger partial charge in [0.25, 0.3) is 5.91 Å². The number of aromatic nitrogens is 2. The van der Waals surface area contributed by atoms with Gasteiger partial charge in [-0.2, -0.15) is 10.4 Å². The zero-order chi connectivity index (χ0) is 23.5. The Morgan fingerprint density at radius 2 is 1.94 bits per heavy atom. The van der Waals surface area contributed by atoms with Gasteiger partial charge in [0.2, 0.25) is 0 Å². The molecule has 0 radical (unpaired) electrons. The molecule has 1 unspecified atom stereocenters. The summed E-state index contributed by atoms with van der Waals surface area (Å²) in [7, 11) is 1.82. The minimum Gasteiger partial charge on any atom is -0.387 e. The number of hydrogen-bond acceptors (Lipinski definition) is 7. The molecule has 4 rings (SSSR count). The van der Waals surface area contributed by atoms with Crippen LogP contribution in [0, 0.1) is 25.2 Å². The van der Waals surface area contributed by atoms with Crippen molar-refractivity contribution in [1.29, 1.82) is 5.26 Å². The number of fused-ring (bicyclic) bond motifs is 1. The molecule has 1 amide bonds. The van der Waals surface area contributed by atoms with Crippen LogP contribution in [0.2, 0.25) is 0 Å². The molecule has 1 aliphatic heterocycles. The Kier molecular flexibility index (Phi) is 6.43. The van der Waals surface area contributed by atoms with Gasteiger partial charge in [-0.1, -0.05) is 12.1 Å². The number of nitrogens with zero attached hydrogens (tertiary/aromatic N) is 4. The predicted molar refractivity (Wildman–Crippen MR) is 131 cm³/mol. The van der Waals surface area contributed by atoms with Crippen molar-refractivity contribution in [1.82, 2.24) is 20.4 Å². The summed E-state index contributed by atoms with van der Waals surface area (Å²) in [5.74, 6) is 0.660. The van der Waals surface area contributed by atoms with Crippen molar-refractivity contribution in [2.24, 2.45) is 0 Å². The summed E-state index contributed by atoms with van der Waals surface area (Å²) in [6, 6.07) is 11.8. The van der Waals surface area contributed by atoms with Crippen molar-refractivity contribution < 1.29 is 4.79 Å². The predicted octanol–water partition coefficient (Wildman–Crippen LogP) is 3.38. The molecule has 8 nitrogen and oxygen atoms in total. The van der Waals surface area contributed by atoms with Crippen molar-refractivity contribution in [3.63, 3.8) is 0 Å². The van der Waals surface area contributed by atoms with E-state index in [1.807, 2.05) is 63.1 Å². The molecular weight excluding hydrogens is 414 g/mol. The highest BCUT2D eigenvalue weighted by atomic mass is 16.2. The number of carbonyl (C=O) groups excluding carboxylic acids is 1. The first-order valence-corrected chi connectivity index (χ1v) is 11.2. The van der Waals surface area contributed by atoms with E-state index in [4.69, 9.17) is 0 Å². The topological polar surface area (TPSA) is 106 Å². The molecule has 0 bridgehead atoms. The molecule has 1 fully saturated rings. The molecule has 0 aliphatic carbocycles. The summed E-state index contributed by atoms with van der Waals surface area (Å²) >= 11 is 0. The fourth-order valence-corrected chi connectivity index (χ4v) is 4.38. The number of rotatable bonds is 5. The van der Waals surface area contributed by atoms with Crippen molar-refractivity contribution >= 4 is 28.2 Å². The number of amides is 1. The largest absolute Gasteiger partial charge is 0.387 e. The summed E-state index contributed by atoms with van der Waals surface area (Å²) < 4.78 is 0. The number of piperazine rings is 1. The van der Waals surface area contributed by atoms with E-state index in [0.717, 1.165) is 46.4 Å². The van der Waals surface area contributed by atoms with Gasteiger partial charge in [-0.25, -0.2) is 0 Å². The van der Waals surface area contributed by atoms with E-state index in [1.165, 1.54) is 0 Å². The van der Waals surface area contributed by atoms with Crippen LogP contribution < -0.4 is 16.0 Å². The molecule has 3 aromatic rings. The fraction of sp³-hybridized carbons (Fsp3) is 0.360. The van der Waals surface area contributed by atoms with E-state index in [-0.39, 0.29) is 11.9 Å². The zero-order valence-corrected chi connectivity index (χ0v) is 19.5. The van der Waals surface area contributed by atoms with Gasteiger partial charge < -0.3 is 20.9 Å². The second kappa shape index (κ2) is 9.43. The third-order valence-electron chi connectivity index (χ3n) is 6.32. The molecule has 33 heavy (non-hydrogen) atoms. The van der Waals surface area contributed by atoms with E-state index in [0.29, 0.717) is 30.0 Å². The van der Waals surface area contributed by atoms with Crippen LogP contribution in [-0.4, -0.2) is 54.2 Å². The maximum Gasteiger partial charge on any atom is 0.256 e. The zero-order valence-electron chi connectivity index (χ0n) is 19.5. The van der Waals surface area contributed by atoms with E-state index in [2.05, 4.69) is 32.2 Å². The molecule has 1 aliphatic rings. The molecule has 1 aromatic heterocycles. The molecule has 8 heteroatoms. The van der Waals surface area contributed by atoms with E-state index in [1.54, 1.807) is 0 Å². The van der Waals surface area contributed by atoms with Gasteiger partial charge in [-0.3, -0.25) is 4.79 Å². The lowest BCUT2D eigenvalue weighted by Gasteiger charge is -2.28. The van der Waals surface area contributed by atoms with Gasteiger partial charge in [0, 0.05) is 49.7 Å². The fourth-order valence-electron chi connectivity index (χ4n) is 4.38. The minimum atomic E-state index is -0.0845. The Bertz CT molecular complexity index is 1240. The summed E-state index contributed by atoms with van der Waals surface area (Å²) in [5, 5.41) is 29.9. The summed E-state index contributed by atoms with van der Waals surface area (Å²) in [6.45, 7) is 8.89. The van der Waals surface area contributed by atoms with Crippen LogP contribution in [0.15, 0.2) is 30.3 Å². The first-order chi connectivity index (χ1) is 15.9. The highest BCUT2D eigenvalue weighted by Crippen LogP contribution is 2.32. The maximum absolute atomic E-state index is 13.3. The standard InChI is InChI=1S/C25H29N7O/c1-15-18(14-26)6-5-7-19(15)16(2)29-24-21-13-23(27-4)22(12-20(21)17(3)30-31-24)25(33)32-10-8-28-9-11-32/h5-7,12-13,16,27-28H,8-11H2,1-4H3,(H,29,31). The van der Waals surface area contributed by atoms with Crippen molar-refractivity contribution in [3.8, 4) is 6.07 Å². The van der Waals surface area contributed by atoms with Gasteiger partial charge in [-0.15, -0.1) is 5.10 Å². The monoisotopic (exact) mass is 443 g/mol. The Labute approximate surface area is 194 Å². The third-order valence-corrected chi connectivity index (χ3v) is 6.32. The van der Waals surface area contributed by atoms with Crippen LogP contribution in [0.5, 0.6) is 0 Å². The summed E-state index contributed by atoms with van der Waals surface area (Å²) in [5.41, 5.74) is 4.81. The van der Waals surface area contributed by atoms with Crippen LogP contribution in [0.25, 0.3) is 10.8 Å². The average Bonchev–Trinajstić information content (AvgIpc) is 2.85. The maximum atomic E-state index is 13.3. The van der Waals surface area contributed by atoms with Crippen molar-refractivity contribution in [2.45, 2.75) is 26.8 Å². The van der Waals surface area contributed by atoms with Gasteiger partial charge in [0.15, 0.2) is 5.82 Å². The van der Waals surface area contributed by atoms with Crippen LogP contribution in [0.3, 0.4) is 0 Å². The molecule has 0 spiro atoms. The van der Waals surface area contributed by atoms with E-state index < -0.39 is 0 Å². The number of benzene rings is 2. The van der Waals surface area contributed by atoms with Crippen LogP contribution >= 0.6 is 0 Å². The lowest BCUT2D eigenvalue weighted by molar-refractivity contribution is 0.0737. The minimum absolute atomic E-state index is 0.0192. The van der Waals surface area contributed by atoms with Crippen LogP contribution in [0.4, 0.5) is 11.5 Å². The summed E-state index contributed by atoms with van der Waals surface area (Å²) in [4.78, 5) is 15.1. The lowest BCUT2D eigenvalue weighted by Crippen LogP contribution is -2.46. The van der Waals surface area contributed by atoms with Crippen LogP contribution in [-0.2, 0) is 0 Å². The number of carbonyl (C=O) groups is 1. The van der Waals surface area contributed by atoms with Gasteiger partial charge in [0.05, 0.1) is 28.9 Å². The molecule has 3 N–H and O–H groups in total. The lowest BCUT2D eigenvalue weighted by atomic mass is 9.98. The van der Waals surface area contributed by atoms with Crippen molar-refractivity contribution in [2.75, 3.05) is 43.9 Å². The Balaban J connectivity index is 1.74. The Morgan fingerprint density at radius 1 is 1.18 bits per heavy atom. The van der Waals surface area contributed by atoms with Gasteiger partial charge in [0.1, 0.15) is 0 Å². The average molecular weight is 444 g/mol. The molecule has 2 aromatic carbocycles. The second-order valence-corrected chi connectivity index (χ2v) is 8.37. The van der Waals surface area contributed by atoms with Gasteiger partial charge >= 0.3 is 0 Å². The van der Waals surface area contributed by atoms with Crippen LogP contribution in [0.1, 0.15) is 45.7 Å². The smallest absolute Gasteiger partial charge is 0.256 e. The number of nitrogens with one attached hydrogen (secondary N) is 3. The number of nitriles is 1. The molecule has 1 atom stereocenters. The SMILES string of the molecule is CNc1cc2c(NC(C)c3cccc(C#N)c3C)nnc(C)c2cc1C(=O)N1CCNCC1. The molecule has 1 saturated heterocycles. The quantitative estimate of drug-likeness (QED) is 0.555. The molecular formula is C25H29N7O. The molecule has 2 heterocycles. The molecule has 0 saturated carbocycles. The second-order valence-electron chi connectivity index (χ2n) is 8.37. The first-order valence-electron chi connectivity index (χ1n) is 11.2. The number of aryl methyl sites for hydroxylation is 1. The van der Waals surface area contributed by atoms with Crippen molar-refractivity contribution in [3.05, 3.63) is 58.3 Å². The number of hydrogen-bond donors (Lipinski definition) is 3. The van der Waals surface area contributed by atoms with Gasteiger partial charge in [-0.05, 0) is 50.1 Å². The Morgan fingerprint density at radius 3 is 2.64 bits per heavy atom. The summed E-state index contributed by atoms with van der Waals surface area (Å²) in [6.07, 6.45) is 0. The first kappa shape index (κ1) is 22.5.